The first-order valence-corrected chi connectivity index (χ1v) is 14.6. The summed E-state index contributed by atoms with van der Waals surface area (Å²) in [4.78, 5) is 54.9. The van der Waals surface area contributed by atoms with E-state index < -0.39 is 47.2 Å². The summed E-state index contributed by atoms with van der Waals surface area (Å²) in [5, 5.41) is 5.43. The molecule has 1 fully saturated rings. The highest BCUT2D eigenvalue weighted by atomic mass is 16.6. The fourth-order valence-corrected chi connectivity index (χ4v) is 4.50. The molecular weight excluding hydrogens is 534 g/mol. The van der Waals surface area contributed by atoms with Crippen LogP contribution in [-0.2, 0) is 36.7 Å². The summed E-state index contributed by atoms with van der Waals surface area (Å²) in [6, 6.07) is 14.8. The van der Waals surface area contributed by atoms with Gasteiger partial charge in [0, 0.05) is 12.5 Å². The average molecular weight is 580 g/mol. The van der Waals surface area contributed by atoms with Gasteiger partial charge in [0.05, 0.1) is 0 Å². The molecule has 0 spiro atoms. The molecule has 3 amide bonds. The number of nitrogens with zero attached hydrogens (tertiary/aromatic N) is 1. The Kier molecular flexibility index (Phi) is 10.8. The molecule has 0 aliphatic heterocycles. The molecule has 2 unspecified atom stereocenters. The number of alkyl carbamates (subject to hydrolysis) is 1. The molecule has 0 bridgehead atoms. The van der Waals surface area contributed by atoms with Crippen LogP contribution in [0.1, 0.15) is 84.0 Å². The zero-order chi connectivity index (χ0) is 31.1. The van der Waals surface area contributed by atoms with E-state index in [0.717, 1.165) is 30.4 Å². The summed E-state index contributed by atoms with van der Waals surface area (Å²) < 4.78 is 11.0. The monoisotopic (exact) mass is 579 g/mol. The maximum atomic E-state index is 14.1. The number of nitrogens with one attached hydrogen (secondary N) is 2. The van der Waals surface area contributed by atoms with Crippen LogP contribution in [0.2, 0.25) is 0 Å². The second-order valence-electron chi connectivity index (χ2n) is 12.7. The Hall–Kier alpha value is -3.88. The van der Waals surface area contributed by atoms with Gasteiger partial charge in [0.25, 0.3) is 0 Å². The summed E-state index contributed by atoms with van der Waals surface area (Å²) in [6.07, 6.45) is 1.79. The Balaban J connectivity index is 1.93. The summed E-state index contributed by atoms with van der Waals surface area (Å²) >= 11 is 0. The molecule has 9 nitrogen and oxygen atoms in total. The van der Waals surface area contributed by atoms with Gasteiger partial charge in [-0.2, -0.15) is 0 Å². The predicted molar refractivity (Wildman–Crippen MR) is 161 cm³/mol. The van der Waals surface area contributed by atoms with Crippen LogP contribution in [0.15, 0.2) is 54.6 Å². The third-order valence-corrected chi connectivity index (χ3v) is 6.53. The number of carbonyl (C=O) groups is 4. The number of ether oxygens (including phenoxy) is 2. The number of amides is 3. The van der Waals surface area contributed by atoms with E-state index in [2.05, 4.69) is 10.6 Å². The molecule has 0 heterocycles. The van der Waals surface area contributed by atoms with Crippen LogP contribution in [0.4, 0.5) is 4.79 Å². The maximum absolute atomic E-state index is 14.1. The van der Waals surface area contributed by atoms with Gasteiger partial charge in [0.2, 0.25) is 11.8 Å². The molecule has 2 aromatic rings. The molecule has 0 aromatic heterocycles. The zero-order valence-electron chi connectivity index (χ0n) is 25.9. The van der Waals surface area contributed by atoms with E-state index in [4.69, 9.17) is 9.47 Å². The quantitative estimate of drug-likeness (QED) is 0.367. The van der Waals surface area contributed by atoms with Crippen molar-refractivity contribution in [1.82, 2.24) is 15.5 Å². The summed E-state index contributed by atoms with van der Waals surface area (Å²) in [5.74, 6) is -1.47. The second-order valence-corrected chi connectivity index (χ2v) is 12.7. The number of benzene rings is 2. The van der Waals surface area contributed by atoms with Crippen molar-refractivity contribution in [3.05, 3.63) is 71.3 Å². The van der Waals surface area contributed by atoms with Crippen LogP contribution < -0.4 is 10.6 Å². The number of hydrogen-bond donors (Lipinski definition) is 2. The fourth-order valence-electron chi connectivity index (χ4n) is 4.50. The minimum atomic E-state index is -1.02. The third-order valence-electron chi connectivity index (χ3n) is 6.53. The van der Waals surface area contributed by atoms with Crippen molar-refractivity contribution in [2.45, 2.75) is 103 Å². The lowest BCUT2D eigenvalue weighted by molar-refractivity contribution is -0.159. The third kappa shape index (κ3) is 10.2. The molecule has 42 heavy (non-hydrogen) atoms. The van der Waals surface area contributed by atoms with Crippen molar-refractivity contribution in [2.75, 3.05) is 6.54 Å². The molecule has 0 saturated heterocycles. The van der Waals surface area contributed by atoms with Gasteiger partial charge in [-0.15, -0.1) is 0 Å². The molecule has 3 rings (SSSR count). The van der Waals surface area contributed by atoms with Crippen LogP contribution in [0, 0.1) is 0 Å². The molecule has 1 saturated carbocycles. The van der Waals surface area contributed by atoms with Crippen molar-refractivity contribution in [2.24, 2.45) is 0 Å². The van der Waals surface area contributed by atoms with Gasteiger partial charge in [-0.1, -0.05) is 61.5 Å². The van der Waals surface area contributed by atoms with Gasteiger partial charge in [0.1, 0.15) is 29.8 Å². The molecule has 1 aliphatic rings. The van der Waals surface area contributed by atoms with E-state index in [0.29, 0.717) is 5.56 Å². The predicted octanol–water partition coefficient (Wildman–Crippen LogP) is 4.88. The van der Waals surface area contributed by atoms with Gasteiger partial charge >= 0.3 is 12.1 Å². The highest BCUT2D eigenvalue weighted by Gasteiger charge is 2.42. The summed E-state index contributed by atoms with van der Waals surface area (Å²) in [6.45, 7) is 12.2. The van der Waals surface area contributed by atoms with Crippen molar-refractivity contribution in [1.29, 1.82) is 0 Å². The molecule has 1 aliphatic carbocycles. The topological polar surface area (TPSA) is 114 Å². The Bertz CT molecular complexity index is 1230. The molecule has 2 atom stereocenters. The van der Waals surface area contributed by atoms with E-state index in [9.17, 15) is 19.2 Å². The van der Waals surface area contributed by atoms with Crippen molar-refractivity contribution < 1.29 is 28.7 Å². The van der Waals surface area contributed by atoms with Crippen LogP contribution in [0.3, 0.4) is 0 Å². The first-order chi connectivity index (χ1) is 19.7. The van der Waals surface area contributed by atoms with Gasteiger partial charge in [-0.3, -0.25) is 9.59 Å². The Labute approximate surface area is 249 Å². The number of carbonyl (C=O) groups excluding carboxylic acids is 4. The largest absolute Gasteiger partial charge is 0.458 e. The minimum absolute atomic E-state index is 0.173. The van der Waals surface area contributed by atoms with E-state index in [1.165, 1.54) is 4.90 Å². The number of rotatable bonds is 11. The van der Waals surface area contributed by atoms with Gasteiger partial charge in [-0.25, -0.2) is 9.59 Å². The smallest absolute Gasteiger partial charge is 0.408 e. The minimum Gasteiger partial charge on any atom is -0.458 e. The molecule has 2 N–H and O–H groups in total. The maximum Gasteiger partial charge on any atom is 0.408 e. The number of aryl methyl sites for hydroxylation is 1. The Morgan fingerprint density at radius 3 is 1.98 bits per heavy atom. The van der Waals surface area contributed by atoms with Crippen LogP contribution in [-0.4, -0.2) is 58.6 Å². The Morgan fingerprint density at radius 2 is 1.45 bits per heavy atom. The van der Waals surface area contributed by atoms with Crippen molar-refractivity contribution >= 4 is 23.9 Å². The van der Waals surface area contributed by atoms with E-state index >= 15 is 0 Å². The Morgan fingerprint density at radius 1 is 0.857 bits per heavy atom. The molecule has 228 valence electrons. The van der Waals surface area contributed by atoms with E-state index in [1.807, 2.05) is 61.5 Å². The average Bonchev–Trinajstić information content (AvgIpc) is 3.74. The highest BCUT2D eigenvalue weighted by molar-refractivity contribution is 5.93. The van der Waals surface area contributed by atoms with Crippen LogP contribution in [0.5, 0.6) is 0 Å². The lowest BCUT2D eigenvalue weighted by Crippen LogP contribution is -2.52. The van der Waals surface area contributed by atoms with Crippen molar-refractivity contribution in [3.8, 4) is 0 Å². The zero-order valence-corrected chi connectivity index (χ0v) is 25.9. The van der Waals surface area contributed by atoms with E-state index in [1.54, 1.807) is 41.5 Å². The summed E-state index contributed by atoms with van der Waals surface area (Å²) in [7, 11) is 0. The highest BCUT2D eigenvalue weighted by Crippen LogP contribution is 2.35. The van der Waals surface area contributed by atoms with Gasteiger partial charge < -0.3 is 25.0 Å². The van der Waals surface area contributed by atoms with Crippen molar-refractivity contribution in [3.63, 3.8) is 0 Å². The van der Waals surface area contributed by atoms with E-state index in [-0.39, 0.29) is 19.0 Å². The lowest BCUT2D eigenvalue weighted by Gasteiger charge is -2.33. The summed E-state index contributed by atoms with van der Waals surface area (Å²) in [5.41, 5.74) is 1.08. The van der Waals surface area contributed by atoms with Crippen LogP contribution >= 0.6 is 0 Å². The first-order valence-electron chi connectivity index (χ1n) is 14.6. The number of hydrogen-bond acceptors (Lipinski definition) is 6. The standard InChI is InChI=1S/C33H45N3O6/c1-8-22-14-16-24(17-15-22)28(36(25-18-19-25)27(37)21-34-31(40)42-33(5,6)7)29(38)35-26(30(39)41-32(2,3)4)20-23-12-10-9-11-13-23/h9-17,25-26,28H,8,18-21H2,1-7H3,(H,34,40)(H,35,38). The van der Waals surface area contributed by atoms with Crippen LogP contribution in [0.25, 0.3) is 0 Å². The molecule has 0 radical (unpaired) electrons. The number of esters is 1. The fraction of sp³-hybridized carbons (Fsp3) is 0.515. The van der Waals surface area contributed by atoms with Gasteiger partial charge in [-0.05, 0) is 77.5 Å². The SMILES string of the molecule is CCc1ccc(C(C(=O)NC(Cc2ccccc2)C(=O)OC(C)(C)C)N(C(=O)CNC(=O)OC(C)(C)C)C2CC2)cc1. The first kappa shape index (κ1) is 32.6. The normalized spacial score (nSPS) is 14.7. The molecule has 2 aromatic carbocycles. The second kappa shape index (κ2) is 13.9. The molecular formula is C33H45N3O6. The lowest BCUT2D eigenvalue weighted by atomic mass is 9.99. The van der Waals surface area contributed by atoms with Gasteiger partial charge in [0.15, 0.2) is 0 Å². The molecule has 9 heteroatoms.